The third kappa shape index (κ3) is 5.24. The molecule has 2 aromatic carbocycles. The van der Waals surface area contributed by atoms with Crippen LogP contribution in [0.3, 0.4) is 0 Å². The third-order valence-corrected chi connectivity index (χ3v) is 4.81. The highest BCUT2D eigenvalue weighted by Gasteiger charge is 2.14. The van der Waals surface area contributed by atoms with E-state index in [1.807, 2.05) is 25.1 Å². The molecule has 0 spiro atoms. The number of benzene rings is 2. The van der Waals surface area contributed by atoms with Crippen LogP contribution in [0.25, 0.3) is 17.4 Å². The molecule has 32 heavy (non-hydrogen) atoms. The molecule has 0 fully saturated rings. The van der Waals surface area contributed by atoms with Crippen LogP contribution in [0.4, 0.5) is 0 Å². The molecule has 0 aliphatic heterocycles. The Morgan fingerprint density at radius 1 is 1.09 bits per heavy atom. The first-order chi connectivity index (χ1) is 15.4. The normalized spacial score (nSPS) is 10.9. The average molecular weight is 430 g/mol. The largest absolute Gasteiger partial charge is 0.497 e. The van der Waals surface area contributed by atoms with E-state index in [0.29, 0.717) is 17.1 Å². The molecule has 162 valence electrons. The number of furan rings is 1. The molecule has 0 radical (unpaired) electrons. The van der Waals surface area contributed by atoms with Crippen molar-refractivity contribution in [2.24, 2.45) is 0 Å². The Bertz CT molecular complexity index is 1200. The van der Waals surface area contributed by atoms with Crippen LogP contribution in [-0.2, 0) is 16.1 Å². The number of amides is 1. The quantitative estimate of drug-likeness (QED) is 0.341. The van der Waals surface area contributed by atoms with Crippen molar-refractivity contribution in [2.75, 3.05) is 14.2 Å². The predicted octanol–water partition coefficient (Wildman–Crippen LogP) is 4.27. The van der Waals surface area contributed by atoms with Crippen LogP contribution in [0.15, 0.2) is 64.6 Å². The first-order valence-electron chi connectivity index (χ1n) is 9.77. The molecule has 7 heteroatoms. The number of esters is 1. The fraction of sp³-hybridized carbons (Fsp3) is 0.160. The molecular weight excluding hydrogens is 408 g/mol. The molecule has 0 atom stereocenters. The van der Waals surface area contributed by atoms with Crippen LogP contribution in [0, 0.1) is 18.3 Å². The molecule has 1 amide bonds. The number of nitriles is 1. The van der Waals surface area contributed by atoms with Crippen LogP contribution in [-0.4, -0.2) is 26.1 Å². The second-order valence-electron chi connectivity index (χ2n) is 6.92. The van der Waals surface area contributed by atoms with Gasteiger partial charge >= 0.3 is 5.97 Å². The Kier molecular flexibility index (Phi) is 7.09. The van der Waals surface area contributed by atoms with Gasteiger partial charge in [0.1, 0.15) is 28.9 Å². The summed E-state index contributed by atoms with van der Waals surface area (Å²) in [6, 6.07) is 17.7. The highest BCUT2D eigenvalue weighted by molar-refractivity contribution is 6.01. The fourth-order valence-corrected chi connectivity index (χ4v) is 3.02. The van der Waals surface area contributed by atoms with Crippen LogP contribution in [0.1, 0.15) is 27.2 Å². The topological polar surface area (TPSA) is 102 Å². The minimum absolute atomic E-state index is 0.0838. The van der Waals surface area contributed by atoms with Crippen molar-refractivity contribution in [1.29, 1.82) is 5.26 Å². The first kappa shape index (κ1) is 22.4. The Labute approximate surface area is 185 Å². The highest BCUT2D eigenvalue weighted by atomic mass is 16.5. The zero-order valence-corrected chi connectivity index (χ0v) is 18.0. The van der Waals surface area contributed by atoms with Crippen LogP contribution in [0.5, 0.6) is 5.75 Å². The maximum Gasteiger partial charge on any atom is 0.337 e. The van der Waals surface area contributed by atoms with Crippen molar-refractivity contribution < 1.29 is 23.5 Å². The number of rotatable bonds is 7. The summed E-state index contributed by atoms with van der Waals surface area (Å²) in [7, 11) is 2.90. The Hall–Kier alpha value is -4.31. The van der Waals surface area contributed by atoms with Gasteiger partial charge in [0.25, 0.3) is 5.91 Å². The van der Waals surface area contributed by atoms with E-state index < -0.39 is 11.9 Å². The Morgan fingerprint density at radius 2 is 1.84 bits per heavy atom. The van der Waals surface area contributed by atoms with Gasteiger partial charge in [-0.25, -0.2) is 4.79 Å². The number of carbonyl (C=O) groups is 2. The SMILES string of the molecule is COC(=O)c1ccc(C)c(-c2ccc(/C=C(/C#N)C(=O)NCc3ccc(OC)cc3)o2)c1. The van der Waals surface area contributed by atoms with Crippen LogP contribution < -0.4 is 10.1 Å². The summed E-state index contributed by atoms with van der Waals surface area (Å²) in [6.07, 6.45) is 1.38. The van der Waals surface area contributed by atoms with E-state index in [0.717, 1.165) is 22.4 Å². The lowest BCUT2D eigenvalue weighted by Gasteiger charge is -2.06. The van der Waals surface area contributed by atoms with Crippen molar-refractivity contribution in [2.45, 2.75) is 13.5 Å². The van der Waals surface area contributed by atoms with E-state index in [-0.39, 0.29) is 12.1 Å². The van der Waals surface area contributed by atoms with E-state index in [1.165, 1.54) is 13.2 Å². The third-order valence-electron chi connectivity index (χ3n) is 4.81. The van der Waals surface area contributed by atoms with Crippen molar-refractivity contribution in [3.63, 3.8) is 0 Å². The van der Waals surface area contributed by atoms with Gasteiger partial charge in [0, 0.05) is 18.2 Å². The molecule has 1 N–H and O–H groups in total. The van der Waals surface area contributed by atoms with Gasteiger partial charge in [0.2, 0.25) is 0 Å². The minimum Gasteiger partial charge on any atom is -0.497 e. The molecular formula is C25H22N2O5. The second kappa shape index (κ2) is 10.1. The van der Waals surface area contributed by atoms with E-state index >= 15 is 0 Å². The molecule has 0 aliphatic carbocycles. The predicted molar refractivity (Wildman–Crippen MR) is 119 cm³/mol. The molecule has 0 aliphatic rings. The van der Waals surface area contributed by atoms with Gasteiger partial charge in [-0.2, -0.15) is 5.26 Å². The summed E-state index contributed by atoms with van der Waals surface area (Å²) in [5.41, 5.74) is 2.81. The van der Waals surface area contributed by atoms with E-state index in [9.17, 15) is 14.9 Å². The lowest BCUT2D eigenvalue weighted by Crippen LogP contribution is -2.23. The maximum atomic E-state index is 12.4. The molecule has 0 saturated carbocycles. The van der Waals surface area contributed by atoms with Crippen molar-refractivity contribution in [3.8, 4) is 23.1 Å². The molecule has 1 aromatic heterocycles. The van der Waals surface area contributed by atoms with Gasteiger partial charge in [-0.3, -0.25) is 4.79 Å². The summed E-state index contributed by atoms with van der Waals surface area (Å²) in [5.74, 6) is 0.622. The zero-order valence-electron chi connectivity index (χ0n) is 18.0. The monoisotopic (exact) mass is 430 g/mol. The van der Waals surface area contributed by atoms with Gasteiger partial charge in [-0.15, -0.1) is 0 Å². The first-order valence-corrected chi connectivity index (χ1v) is 9.77. The van der Waals surface area contributed by atoms with E-state index in [1.54, 1.807) is 49.6 Å². The zero-order chi connectivity index (χ0) is 23.1. The summed E-state index contributed by atoms with van der Waals surface area (Å²) in [6.45, 7) is 2.16. The summed E-state index contributed by atoms with van der Waals surface area (Å²) in [5, 5.41) is 12.1. The van der Waals surface area contributed by atoms with Crippen molar-refractivity contribution >= 4 is 18.0 Å². The summed E-state index contributed by atoms with van der Waals surface area (Å²) >= 11 is 0. The Morgan fingerprint density at radius 3 is 2.50 bits per heavy atom. The molecule has 0 unspecified atom stereocenters. The smallest absolute Gasteiger partial charge is 0.337 e. The summed E-state index contributed by atoms with van der Waals surface area (Å²) < 4.78 is 15.7. The Balaban J connectivity index is 1.75. The molecule has 3 rings (SSSR count). The van der Waals surface area contributed by atoms with Gasteiger partial charge in [-0.05, 0) is 54.4 Å². The number of hydrogen-bond acceptors (Lipinski definition) is 6. The minimum atomic E-state index is -0.509. The summed E-state index contributed by atoms with van der Waals surface area (Å²) in [4.78, 5) is 24.3. The molecule has 3 aromatic rings. The molecule has 7 nitrogen and oxygen atoms in total. The van der Waals surface area contributed by atoms with Crippen molar-refractivity contribution in [1.82, 2.24) is 5.32 Å². The number of ether oxygens (including phenoxy) is 2. The number of nitrogens with zero attached hydrogens (tertiary/aromatic N) is 1. The number of methoxy groups -OCH3 is 2. The van der Waals surface area contributed by atoms with E-state index in [2.05, 4.69) is 5.32 Å². The second-order valence-corrected chi connectivity index (χ2v) is 6.92. The highest BCUT2D eigenvalue weighted by Crippen LogP contribution is 2.28. The lowest BCUT2D eigenvalue weighted by atomic mass is 10.0. The molecule has 0 saturated heterocycles. The van der Waals surface area contributed by atoms with Crippen molar-refractivity contribution in [3.05, 3.63) is 82.6 Å². The number of aryl methyl sites for hydroxylation is 1. The molecule has 1 heterocycles. The molecule has 0 bridgehead atoms. The number of hydrogen-bond donors (Lipinski definition) is 1. The van der Waals surface area contributed by atoms with Gasteiger partial charge in [0.05, 0.1) is 19.8 Å². The van der Waals surface area contributed by atoms with Gasteiger partial charge < -0.3 is 19.2 Å². The van der Waals surface area contributed by atoms with Gasteiger partial charge in [-0.1, -0.05) is 18.2 Å². The number of nitrogens with one attached hydrogen (secondary N) is 1. The lowest BCUT2D eigenvalue weighted by molar-refractivity contribution is -0.117. The van der Waals surface area contributed by atoms with Crippen LogP contribution >= 0.6 is 0 Å². The van der Waals surface area contributed by atoms with E-state index in [4.69, 9.17) is 13.9 Å². The standard InChI is InChI=1S/C25H22N2O5/c1-16-4-7-18(25(29)31-3)13-22(16)23-11-10-21(32-23)12-19(14-26)24(28)27-15-17-5-8-20(30-2)9-6-17/h4-13H,15H2,1-3H3,(H,27,28)/b19-12-. The van der Waals surface area contributed by atoms with Crippen LogP contribution in [0.2, 0.25) is 0 Å². The average Bonchev–Trinajstić information content (AvgIpc) is 3.29. The maximum absolute atomic E-state index is 12.4. The number of carbonyl (C=O) groups excluding carboxylic acids is 2. The fourth-order valence-electron chi connectivity index (χ4n) is 3.02. The van der Waals surface area contributed by atoms with Gasteiger partial charge in [0.15, 0.2) is 0 Å².